The van der Waals surface area contributed by atoms with Gasteiger partial charge < -0.3 is 14.4 Å². The Morgan fingerprint density at radius 1 is 1.04 bits per heavy atom. The standard InChI is InChI=1S/C37H40F4N4O2S/c1-4-43(5-2)19-20-44(22-29-12-11-28(21-25(29)3)27-13-15-30(16-14-27)37(39,40)41)34(46)23-45-33-8-6-7-32(33)35(47)42-36(45)48-24-26-9-17-31(38)18-10-26/h9-18,21H,4-8,19-20,22-24H2,1-3H3/i4D2,5D2,6D2,7D2,8D2,11D,12D,13D,14D,15D,16D,19D2,20D2,21D. The molecule has 0 saturated heterocycles. The molecule has 0 aliphatic heterocycles. The molecule has 0 unspecified atom stereocenters. The number of carbonyl (C=O) groups is 1. The molecular weight excluding hydrogens is 640 g/mol. The molecule has 3 aromatic carbocycles. The fraction of sp³-hybridized carbons (Fsp3) is 0.378. The van der Waals surface area contributed by atoms with Crippen LogP contribution in [0.15, 0.2) is 76.5 Å². The van der Waals surface area contributed by atoms with Gasteiger partial charge in [0.05, 0.1) is 17.9 Å². The number of rotatable bonds is 13. The van der Waals surface area contributed by atoms with Crippen LogP contribution in [-0.4, -0.2) is 51.2 Å². The lowest BCUT2D eigenvalue weighted by atomic mass is 9.98. The van der Waals surface area contributed by atoms with Gasteiger partial charge in [0.15, 0.2) is 5.16 Å². The number of amides is 1. The van der Waals surface area contributed by atoms with Gasteiger partial charge in [-0.25, -0.2) is 4.39 Å². The van der Waals surface area contributed by atoms with E-state index < -0.39 is 168 Å². The summed E-state index contributed by atoms with van der Waals surface area (Å²) in [6.07, 6.45) is -16.0. The number of aromatic nitrogens is 2. The number of nitrogens with zero attached hydrogens (tertiary/aromatic N) is 4. The van der Waals surface area contributed by atoms with E-state index in [1.165, 1.54) is 12.1 Å². The van der Waals surface area contributed by atoms with Gasteiger partial charge in [-0.2, -0.15) is 18.2 Å². The minimum atomic E-state index is -5.40. The van der Waals surface area contributed by atoms with Crippen LogP contribution >= 0.6 is 11.8 Å². The smallest absolute Gasteiger partial charge is 0.336 e. The third-order valence-electron chi connectivity index (χ3n) is 6.71. The van der Waals surface area contributed by atoms with Crippen molar-refractivity contribution in [2.24, 2.45) is 0 Å². The van der Waals surface area contributed by atoms with Gasteiger partial charge in [-0.1, -0.05) is 68.0 Å². The molecule has 1 aliphatic rings. The second-order valence-electron chi connectivity index (χ2n) is 9.89. The maximum atomic E-state index is 15.1. The minimum absolute atomic E-state index is 0.0725. The van der Waals surface area contributed by atoms with Crippen LogP contribution in [-0.2, 0) is 42.6 Å². The van der Waals surface area contributed by atoms with Gasteiger partial charge in [-0.05, 0) is 91.1 Å². The maximum absolute atomic E-state index is 15.1. The zero-order chi connectivity index (χ0) is 53.1. The first kappa shape index (κ1) is 17.1. The molecule has 1 aliphatic carbocycles. The molecule has 6 nitrogen and oxygen atoms in total. The third-order valence-corrected chi connectivity index (χ3v) is 7.76. The fourth-order valence-electron chi connectivity index (χ4n) is 4.21. The van der Waals surface area contributed by atoms with Crippen molar-refractivity contribution in [1.29, 1.82) is 0 Å². The highest BCUT2D eigenvalue weighted by molar-refractivity contribution is 7.98. The topological polar surface area (TPSA) is 58.4 Å². The number of carbonyl (C=O) groups excluding carboxylic acids is 1. The van der Waals surface area contributed by atoms with Crippen molar-refractivity contribution in [1.82, 2.24) is 19.4 Å². The summed E-state index contributed by atoms with van der Waals surface area (Å²) in [6.45, 7) is -15.0. The van der Waals surface area contributed by atoms with Gasteiger partial charge in [0.25, 0.3) is 5.56 Å². The molecule has 0 atom stereocenters. The highest BCUT2D eigenvalue weighted by atomic mass is 32.2. The fourth-order valence-corrected chi connectivity index (χ4v) is 5.15. The zero-order valence-corrected chi connectivity index (χ0v) is 26.3. The van der Waals surface area contributed by atoms with E-state index in [0.717, 1.165) is 19.1 Å². The van der Waals surface area contributed by atoms with Crippen LogP contribution in [0.25, 0.3) is 11.1 Å². The number of halogens is 4. The summed E-state index contributed by atoms with van der Waals surface area (Å²) >= 11 is 0.557. The molecule has 0 spiro atoms. The molecule has 254 valence electrons. The van der Waals surface area contributed by atoms with E-state index in [0.29, 0.717) is 35.7 Å². The molecule has 1 aromatic heterocycles. The monoisotopic (exact) mass is 701 g/mol. The Bertz CT molecular complexity index is 2730. The van der Waals surface area contributed by atoms with Crippen LogP contribution in [0.5, 0.6) is 0 Å². The first-order chi connectivity index (χ1) is 31.0. The number of likely N-dealkylation sites (N-methyl/N-ethyl adjacent to an activating group) is 1. The molecule has 0 fully saturated rings. The molecule has 1 heterocycles. The molecular formula is C37H40F4N4O2S. The molecule has 1 amide bonds. The normalized spacial score (nSPS) is 23.5. The molecule has 5 rings (SSSR count). The SMILES string of the molecule is [2H]c1c([2H])c(-c2c([2H])c([2H])c(C(F)(F)F)c([2H])c2[2H])c([2H])c(C)c1CN(C(=O)Cn1c(SCc2ccc(F)cc2)nc(=O)c2c1C([2H])([2H])C([2H])([2H])C2([2H])[2H])C([2H])([2H])C([2H])([2H])N(C([2H])([2H])C)C([2H])([2H])C. The average molecular weight is 702 g/mol. The van der Waals surface area contributed by atoms with Crippen molar-refractivity contribution in [2.75, 3.05) is 26.0 Å². The van der Waals surface area contributed by atoms with Crippen molar-refractivity contribution < 1.29 is 51.1 Å². The van der Waals surface area contributed by atoms with Crippen LogP contribution < -0.4 is 5.56 Å². The number of benzene rings is 3. The van der Waals surface area contributed by atoms with Gasteiger partial charge in [0.1, 0.15) is 12.4 Å². The summed E-state index contributed by atoms with van der Waals surface area (Å²) in [5.74, 6) is -2.63. The summed E-state index contributed by atoms with van der Waals surface area (Å²) in [6, 6.07) is -4.55. The number of hydrogen-bond acceptors (Lipinski definition) is 5. The van der Waals surface area contributed by atoms with Crippen molar-refractivity contribution in [3.05, 3.63) is 116 Å². The molecule has 0 radical (unpaired) electrons. The molecule has 11 heteroatoms. The average Bonchev–Trinajstić information content (AvgIpc) is 3.29. The first-order valence-corrected chi connectivity index (χ1v) is 14.9. The summed E-state index contributed by atoms with van der Waals surface area (Å²) in [7, 11) is 0. The second-order valence-corrected chi connectivity index (χ2v) is 10.8. The van der Waals surface area contributed by atoms with Crippen LogP contribution in [0.1, 0.15) is 82.5 Å². The largest absolute Gasteiger partial charge is 0.416 e. The van der Waals surface area contributed by atoms with Crippen LogP contribution in [0.3, 0.4) is 0 Å². The van der Waals surface area contributed by atoms with Gasteiger partial charge in [0.2, 0.25) is 5.91 Å². The quantitative estimate of drug-likeness (QED) is 0.0820. The van der Waals surface area contributed by atoms with E-state index in [-0.39, 0.29) is 15.6 Å². The molecule has 0 N–H and O–H groups in total. The number of fused-ring (bicyclic) bond motifs is 1. The van der Waals surface area contributed by atoms with Gasteiger partial charge >= 0.3 is 6.18 Å². The van der Waals surface area contributed by atoms with Crippen LogP contribution in [0, 0.1) is 12.7 Å². The van der Waals surface area contributed by atoms with E-state index >= 15 is 4.79 Å². The molecule has 48 heavy (non-hydrogen) atoms. The van der Waals surface area contributed by atoms with Crippen LogP contribution in [0.2, 0.25) is 0 Å². The minimum Gasteiger partial charge on any atom is -0.336 e. The lowest BCUT2D eigenvalue weighted by Gasteiger charge is -2.28. The highest BCUT2D eigenvalue weighted by Crippen LogP contribution is 2.32. The van der Waals surface area contributed by atoms with Crippen molar-refractivity contribution in [3.63, 3.8) is 0 Å². The van der Waals surface area contributed by atoms with E-state index in [1.54, 1.807) is 0 Å². The molecule has 0 saturated carbocycles. The lowest BCUT2D eigenvalue weighted by Crippen LogP contribution is -2.40. The van der Waals surface area contributed by atoms with E-state index in [9.17, 15) is 25.1 Å². The summed E-state index contributed by atoms with van der Waals surface area (Å²) < 4.78 is 237. The Morgan fingerprint density at radius 3 is 2.40 bits per heavy atom. The Morgan fingerprint density at radius 2 is 1.73 bits per heavy atom. The van der Waals surface area contributed by atoms with Gasteiger partial charge in [0, 0.05) is 53.0 Å². The highest BCUT2D eigenvalue weighted by Gasteiger charge is 2.30. The number of alkyl halides is 3. The Hall–Kier alpha value is -3.96. The first-order valence-electron chi connectivity index (χ1n) is 24.4. The summed E-state index contributed by atoms with van der Waals surface area (Å²) in [4.78, 5) is 32.1. The molecule has 4 aromatic rings. The van der Waals surface area contributed by atoms with E-state index in [2.05, 4.69) is 4.98 Å². The molecule has 0 bridgehead atoms. The number of thioether (sulfide) groups is 1. The third kappa shape index (κ3) is 8.54. The Labute approximate surface area is 312 Å². The Balaban J connectivity index is 1.83. The second kappa shape index (κ2) is 15.5. The predicted molar refractivity (Wildman–Crippen MR) is 181 cm³/mol. The Kier molecular flexibility index (Phi) is 5.53. The van der Waals surface area contributed by atoms with Crippen molar-refractivity contribution in [3.8, 4) is 11.1 Å². The van der Waals surface area contributed by atoms with Crippen LogP contribution in [0.4, 0.5) is 17.6 Å². The van der Waals surface area contributed by atoms with Crippen molar-refractivity contribution in [2.45, 2.75) is 70.1 Å². The van der Waals surface area contributed by atoms with E-state index in [4.69, 9.17) is 26.0 Å². The maximum Gasteiger partial charge on any atom is 0.416 e. The van der Waals surface area contributed by atoms with E-state index in [1.807, 2.05) is 0 Å². The summed E-state index contributed by atoms with van der Waals surface area (Å²) in [5, 5.41) is -0.645. The van der Waals surface area contributed by atoms with Crippen molar-refractivity contribution >= 4 is 17.7 Å². The van der Waals surface area contributed by atoms with Gasteiger partial charge in [-0.3, -0.25) is 9.59 Å². The predicted octanol–water partition coefficient (Wildman–Crippen LogP) is 7.53. The summed E-state index contributed by atoms with van der Waals surface area (Å²) in [5.41, 5.74) is -8.69. The lowest BCUT2D eigenvalue weighted by molar-refractivity contribution is -0.137. The zero-order valence-electron chi connectivity index (χ0n) is 46.5. The van der Waals surface area contributed by atoms with Gasteiger partial charge in [-0.15, -0.1) is 0 Å². The number of hydrogen-bond donors (Lipinski definition) is 0.